The Labute approximate surface area is 301 Å². The fourth-order valence-corrected chi connectivity index (χ4v) is 7.84. The summed E-state index contributed by atoms with van der Waals surface area (Å²) >= 11 is 13.4. The largest absolute Gasteiger partial charge is 0.497 e. The van der Waals surface area contributed by atoms with E-state index in [2.05, 4.69) is 27.8 Å². The Morgan fingerprint density at radius 1 is 1.00 bits per heavy atom. The van der Waals surface area contributed by atoms with Crippen molar-refractivity contribution in [3.05, 3.63) is 87.1 Å². The van der Waals surface area contributed by atoms with Gasteiger partial charge >= 0.3 is 11.9 Å². The molecule has 1 aliphatic heterocycles. The number of aromatic nitrogens is 5. The van der Waals surface area contributed by atoms with Crippen LogP contribution in [0, 0.1) is 6.92 Å². The lowest BCUT2D eigenvalue weighted by molar-refractivity contribution is -0.140. The lowest BCUT2D eigenvalue weighted by atomic mass is 9.92. The number of hydrogen-bond acceptors (Lipinski definition) is 8. The lowest BCUT2D eigenvalue weighted by Crippen LogP contribution is -2.33. The summed E-state index contributed by atoms with van der Waals surface area (Å²) in [5.74, 6) is 0.317. The van der Waals surface area contributed by atoms with Crippen molar-refractivity contribution < 1.29 is 23.8 Å². The third-order valence-corrected chi connectivity index (χ3v) is 10.3. The van der Waals surface area contributed by atoms with Gasteiger partial charge in [0.1, 0.15) is 11.4 Å². The first-order valence-corrected chi connectivity index (χ1v) is 17.5. The quantitative estimate of drug-likeness (QED) is 0.101. The SMILES string of the molecule is COC(=O)CCc1c(C(=O)OC)n(C)c2c(-c3c(C)nn4c3[C@H](N(Cc3ccc(OC)cc3)Cc3cc(CCl)n(C)n3)CCC4)c(Cl)ccc12. The van der Waals surface area contributed by atoms with Gasteiger partial charge in [-0.2, -0.15) is 10.2 Å². The smallest absolute Gasteiger partial charge is 0.354 e. The van der Waals surface area contributed by atoms with Crippen molar-refractivity contribution in [2.24, 2.45) is 14.1 Å². The minimum absolute atomic E-state index is 0.0472. The van der Waals surface area contributed by atoms with Crippen LogP contribution in [0.3, 0.4) is 0 Å². The van der Waals surface area contributed by atoms with Crippen LogP contribution in [0.15, 0.2) is 42.5 Å². The Balaban J connectivity index is 1.53. The summed E-state index contributed by atoms with van der Waals surface area (Å²) in [6.07, 6.45) is 2.25. The molecule has 4 heterocycles. The molecule has 0 N–H and O–H groups in total. The lowest BCUT2D eigenvalue weighted by Gasteiger charge is -2.35. The van der Waals surface area contributed by atoms with Crippen LogP contribution in [-0.4, -0.2) is 62.3 Å². The molecular weight excluding hydrogens is 679 g/mol. The van der Waals surface area contributed by atoms with Crippen LogP contribution >= 0.6 is 23.2 Å². The molecular formula is C37H42Cl2N6O5. The van der Waals surface area contributed by atoms with E-state index in [1.807, 2.05) is 54.5 Å². The average molecular weight is 722 g/mol. The van der Waals surface area contributed by atoms with Gasteiger partial charge < -0.3 is 18.8 Å². The molecule has 0 fully saturated rings. The Morgan fingerprint density at radius 2 is 1.76 bits per heavy atom. The maximum absolute atomic E-state index is 13.3. The zero-order chi connectivity index (χ0) is 35.7. The highest BCUT2D eigenvalue weighted by atomic mass is 35.5. The summed E-state index contributed by atoms with van der Waals surface area (Å²) in [6.45, 7) is 4.00. The zero-order valence-corrected chi connectivity index (χ0v) is 30.8. The second-order valence-corrected chi connectivity index (χ2v) is 13.3. The zero-order valence-electron chi connectivity index (χ0n) is 29.3. The van der Waals surface area contributed by atoms with Gasteiger partial charge in [0.2, 0.25) is 0 Å². The number of nitrogens with zero attached hydrogens (tertiary/aromatic N) is 6. The second kappa shape index (κ2) is 14.9. The first kappa shape index (κ1) is 35.5. The van der Waals surface area contributed by atoms with E-state index in [4.69, 9.17) is 47.6 Å². The molecule has 2 aromatic carbocycles. The van der Waals surface area contributed by atoms with Gasteiger partial charge in [-0.1, -0.05) is 29.8 Å². The predicted molar refractivity (Wildman–Crippen MR) is 193 cm³/mol. The molecule has 0 radical (unpaired) electrons. The molecule has 0 saturated heterocycles. The number of benzene rings is 2. The summed E-state index contributed by atoms with van der Waals surface area (Å²) in [4.78, 5) is 27.9. The van der Waals surface area contributed by atoms with Crippen LogP contribution in [0.25, 0.3) is 22.0 Å². The third kappa shape index (κ3) is 6.61. The minimum Gasteiger partial charge on any atom is -0.497 e. The van der Waals surface area contributed by atoms with E-state index in [-0.39, 0.29) is 18.4 Å². The average Bonchev–Trinajstić information content (AvgIpc) is 3.75. The number of alkyl halides is 1. The number of esters is 2. The molecule has 1 aliphatic rings. The van der Waals surface area contributed by atoms with Crippen molar-refractivity contribution in [3.8, 4) is 16.9 Å². The van der Waals surface area contributed by atoms with Crippen molar-refractivity contribution in [2.75, 3.05) is 21.3 Å². The molecule has 11 nitrogen and oxygen atoms in total. The van der Waals surface area contributed by atoms with Crippen molar-refractivity contribution in [3.63, 3.8) is 0 Å². The number of methoxy groups -OCH3 is 3. The van der Waals surface area contributed by atoms with E-state index in [9.17, 15) is 9.59 Å². The Bertz CT molecular complexity index is 2050. The van der Waals surface area contributed by atoms with Gasteiger partial charge in [0.25, 0.3) is 0 Å². The molecule has 264 valence electrons. The molecule has 0 spiro atoms. The molecule has 0 saturated carbocycles. The Hall–Kier alpha value is -4.32. The third-order valence-electron chi connectivity index (χ3n) is 9.69. The van der Waals surface area contributed by atoms with Crippen LogP contribution in [0.1, 0.15) is 69.7 Å². The van der Waals surface area contributed by atoms with E-state index >= 15 is 0 Å². The molecule has 0 bridgehead atoms. The van der Waals surface area contributed by atoms with Gasteiger partial charge in [0.15, 0.2) is 0 Å². The maximum Gasteiger partial charge on any atom is 0.354 e. The van der Waals surface area contributed by atoms with Crippen molar-refractivity contribution in [1.29, 1.82) is 0 Å². The predicted octanol–water partition coefficient (Wildman–Crippen LogP) is 6.91. The van der Waals surface area contributed by atoms with E-state index in [0.717, 1.165) is 75.5 Å². The van der Waals surface area contributed by atoms with Crippen LogP contribution in [0.5, 0.6) is 5.75 Å². The standard InChI is InChI=1S/C37H42Cl2N6O5/c1-22-32(33-29(39)15-13-27-28(14-16-31(46)49-5)35(37(47)50-6)42(2)34(27)33)36-30(8-7-17-45(36)40-22)44(20-23-9-11-26(48-4)12-10-23)21-24-18-25(19-38)43(3)41-24/h9-13,15,18,30H,7-8,14,16-17,19-21H2,1-6H3/t30-/m1/s1. The molecule has 6 rings (SSSR count). The van der Waals surface area contributed by atoms with Crippen molar-refractivity contribution in [2.45, 2.75) is 64.2 Å². The molecule has 0 amide bonds. The van der Waals surface area contributed by atoms with Gasteiger partial charge in [-0.3, -0.25) is 19.1 Å². The number of fused-ring (bicyclic) bond motifs is 2. The molecule has 50 heavy (non-hydrogen) atoms. The minimum atomic E-state index is -0.491. The Kier molecular flexibility index (Phi) is 10.6. The molecule has 0 unspecified atom stereocenters. The van der Waals surface area contributed by atoms with E-state index in [1.54, 1.807) is 7.11 Å². The van der Waals surface area contributed by atoms with Gasteiger partial charge in [0, 0.05) is 56.7 Å². The molecule has 3 aromatic heterocycles. The molecule has 13 heteroatoms. The number of rotatable bonds is 12. The summed E-state index contributed by atoms with van der Waals surface area (Å²) in [6, 6.07) is 13.9. The van der Waals surface area contributed by atoms with Crippen molar-refractivity contribution in [1.82, 2.24) is 29.0 Å². The fraction of sp³-hybridized carbons (Fsp3) is 0.405. The van der Waals surface area contributed by atoms with Gasteiger partial charge in [-0.15, -0.1) is 11.6 Å². The molecule has 0 aliphatic carbocycles. The van der Waals surface area contributed by atoms with Crippen LogP contribution in [0.2, 0.25) is 5.02 Å². The first-order chi connectivity index (χ1) is 24.1. The number of halogens is 2. The molecule has 5 aromatic rings. The summed E-state index contributed by atoms with van der Waals surface area (Å²) in [7, 11) is 8.13. The van der Waals surface area contributed by atoms with Crippen LogP contribution < -0.4 is 4.74 Å². The summed E-state index contributed by atoms with van der Waals surface area (Å²) < 4.78 is 21.4. The van der Waals surface area contributed by atoms with Crippen molar-refractivity contribution >= 4 is 46.0 Å². The van der Waals surface area contributed by atoms with Gasteiger partial charge in [0.05, 0.1) is 66.6 Å². The number of hydrogen-bond donors (Lipinski definition) is 0. The van der Waals surface area contributed by atoms with E-state index < -0.39 is 5.97 Å². The van der Waals surface area contributed by atoms with E-state index in [0.29, 0.717) is 41.7 Å². The van der Waals surface area contributed by atoms with Gasteiger partial charge in [-0.25, -0.2) is 4.79 Å². The number of aryl methyl sites for hydroxylation is 5. The number of ether oxygens (including phenoxy) is 3. The van der Waals surface area contributed by atoms with Gasteiger partial charge in [-0.05, 0) is 61.6 Å². The van der Waals surface area contributed by atoms with E-state index in [1.165, 1.54) is 14.2 Å². The highest BCUT2D eigenvalue weighted by molar-refractivity contribution is 6.35. The number of carbonyl (C=O) groups excluding carboxylic acids is 2. The van der Waals surface area contributed by atoms with Crippen LogP contribution in [-0.2, 0) is 60.3 Å². The topological polar surface area (TPSA) is 106 Å². The summed E-state index contributed by atoms with van der Waals surface area (Å²) in [5.41, 5.74) is 8.48. The maximum atomic E-state index is 13.3. The highest BCUT2D eigenvalue weighted by Gasteiger charge is 2.35. The normalized spacial score (nSPS) is 14.3. The second-order valence-electron chi connectivity index (χ2n) is 12.6. The molecule has 1 atom stereocenters. The first-order valence-electron chi connectivity index (χ1n) is 16.6. The highest BCUT2D eigenvalue weighted by Crippen LogP contribution is 2.46. The fourth-order valence-electron chi connectivity index (χ4n) is 7.34. The summed E-state index contributed by atoms with van der Waals surface area (Å²) in [5, 5.41) is 11.2. The Morgan fingerprint density at radius 3 is 2.42 bits per heavy atom. The monoisotopic (exact) mass is 720 g/mol. The number of carbonyl (C=O) groups is 2. The van der Waals surface area contributed by atoms with Crippen LogP contribution in [0.4, 0.5) is 0 Å².